The molecular weight excluding hydrogens is 357 g/mol. The fourth-order valence-electron chi connectivity index (χ4n) is 2.59. The Bertz CT molecular complexity index is 752. The summed E-state index contributed by atoms with van der Waals surface area (Å²) in [5.41, 5.74) is 3.95. The van der Waals surface area contributed by atoms with E-state index < -0.39 is 6.10 Å². The highest BCUT2D eigenvalue weighted by atomic mass is 35.5. The molecule has 25 heavy (non-hydrogen) atoms. The summed E-state index contributed by atoms with van der Waals surface area (Å²) >= 11 is 12.2. The van der Waals surface area contributed by atoms with Gasteiger partial charge < -0.3 is 10.1 Å². The maximum atomic E-state index is 12.6. The smallest absolute Gasteiger partial charge is 0.265 e. The Hall–Kier alpha value is -1.71. The zero-order valence-corrected chi connectivity index (χ0v) is 16.5. The van der Waals surface area contributed by atoms with Gasteiger partial charge in [0.1, 0.15) is 5.75 Å². The molecule has 0 heterocycles. The molecule has 2 rings (SSSR count). The number of carbonyl (C=O) groups excluding carboxylic acids is 1. The van der Waals surface area contributed by atoms with Crippen LogP contribution in [0.4, 0.5) is 5.69 Å². The monoisotopic (exact) mass is 379 g/mol. The van der Waals surface area contributed by atoms with Gasteiger partial charge in [-0.15, -0.1) is 0 Å². The highest BCUT2D eigenvalue weighted by Gasteiger charge is 2.19. The van der Waals surface area contributed by atoms with Crippen LogP contribution >= 0.6 is 23.2 Å². The molecule has 0 aliphatic heterocycles. The van der Waals surface area contributed by atoms with Crippen LogP contribution in [0.1, 0.15) is 37.5 Å². The molecule has 1 unspecified atom stereocenters. The molecule has 5 heteroatoms. The second kappa shape index (κ2) is 8.59. The summed E-state index contributed by atoms with van der Waals surface area (Å²) in [5, 5.41) is 3.97. The molecule has 1 N–H and O–H groups in total. The Balaban J connectivity index is 2.18. The highest BCUT2D eigenvalue weighted by Crippen LogP contribution is 2.31. The van der Waals surface area contributed by atoms with Gasteiger partial charge in [0.15, 0.2) is 6.10 Å². The van der Waals surface area contributed by atoms with Crippen LogP contribution in [0.25, 0.3) is 0 Å². The number of halogens is 2. The second-order valence-electron chi connectivity index (χ2n) is 5.94. The Morgan fingerprint density at radius 1 is 1.12 bits per heavy atom. The standard InChI is InChI=1S/C20H23Cl2NO2/c1-5-14-8-7-9-15(6-2)19(14)23-20(24)13(4)25-18-10-12(3)16(21)11-17(18)22/h7-11,13H,5-6H2,1-4H3,(H,23,24). The van der Waals surface area contributed by atoms with Crippen molar-refractivity contribution >= 4 is 34.8 Å². The maximum absolute atomic E-state index is 12.6. The van der Waals surface area contributed by atoms with Gasteiger partial charge in [0, 0.05) is 10.7 Å². The SMILES string of the molecule is CCc1cccc(CC)c1NC(=O)C(C)Oc1cc(C)c(Cl)cc1Cl. The number of hydrogen-bond acceptors (Lipinski definition) is 2. The van der Waals surface area contributed by atoms with Crippen LogP contribution in [0.2, 0.25) is 10.0 Å². The first kappa shape index (κ1) is 19.6. The number of carbonyl (C=O) groups is 1. The van der Waals surface area contributed by atoms with Crippen molar-refractivity contribution in [2.24, 2.45) is 0 Å². The van der Waals surface area contributed by atoms with Crippen molar-refractivity contribution in [3.05, 3.63) is 57.1 Å². The van der Waals surface area contributed by atoms with Crippen molar-refractivity contribution in [1.82, 2.24) is 0 Å². The summed E-state index contributed by atoms with van der Waals surface area (Å²) in [5.74, 6) is 0.241. The molecule has 3 nitrogen and oxygen atoms in total. The van der Waals surface area contributed by atoms with Crippen molar-refractivity contribution in [2.45, 2.75) is 46.6 Å². The lowest BCUT2D eigenvalue weighted by atomic mass is 10.0. The van der Waals surface area contributed by atoms with Crippen molar-refractivity contribution in [3.63, 3.8) is 0 Å². The summed E-state index contributed by atoms with van der Waals surface area (Å²) in [6, 6.07) is 9.44. The van der Waals surface area contributed by atoms with E-state index in [0.717, 1.165) is 35.2 Å². The minimum absolute atomic E-state index is 0.209. The first-order valence-electron chi connectivity index (χ1n) is 8.41. The molecule has 0 radical (unpaired) electrons. The van der Waals surface area contributed by atoms with Crippen LogP contribution in [0.3, 0.4) is 0 Å². The van der Waals surface area contributed by atoms with E-state index in [0.29, 0.717) is 15.8 Å². The van der Waals surface area contributed by atoms with E-state index in [-0.39, 0.29) is 5.91 Å². The van der Waals surface area contributed by atoms with Crippen LogP contribution in [-0.4, -0.2) is 12.0 Å². The molecule has 0 fully saturated rings. The molecule has 134 valence electrons. The van der Waals surface area contributed by atoms with Gasteiger partial charge >= 0.3 is 0 Å². The quantitative estimate of drug-likeness (QED) is 0.685. The number of ether oxygens (including phenoxy) is 1. The topological polar surface area (TPSA) is 38.3 Å². The summed E-state index contributed by atoms with van der Waals surface area (Å²) in [6.45, 7) is 7.71. The third-order valence-corrected chi connectivity index (χ3v) is 4.84. The van der Waals surface area contributed by atoms with Crippen LogP contribution in [0, 0.1) is 6.92 Å². The number of rotatable bonds is 6. The number of amides is 1. The lowest BCUT2D eigenvalue weighted by Crippen LogP contribution is -2.31. The Labute approximate surface area is 159 Å². The largest absolute Gasteiger partial charge is 0.479 e. The summed E-state index contributed by atoms with van der Waals surface area (Å²) < 4.78 is 5.76. The Morgan fingerprint density at radius 3 is 2.28 bits per heavy atom. The van der Waals surface area contributed by atoms with Crippen LogP contribution < -0.4 is 10.1 Å². The zero-order valence-electron chi connectivity index (χ0n) is 15.0. The number of hydrogen-bond donors (Lipinski definition) is 1. The molecule has 1 amide bonds. The third kappa shape index (κ3) is 4.68. The van der Waals surface area contributed by atoms with E-state index in [9.17, 15) is 4.79 Å². The number of benzene rings is 2. The van der Waals surface area contributed by atoms with E-state index in [2.05, 4.69) is 19.2 Å². The minimum atomic E-state index is -0.687. The molecule has 0 aliphatic rings. The fourth-order valence-corrected chi connectivity index (χ4v) is 3.02. The average molecular weight is 380 g/mol. The van der Waals surface area contributed by atoms with Gasteiger partial charge in [-0.05, 0) is 55.5 Å². The third-order valence-electron chi connectivity index (χ3n) is 4.13. The van der Waals surface area contributed by atoms with Crippen molar-refractivity contribution in [3.8, 4) is 5.75 Å². The minimum Gasteiger partial charge on any atom is -0.479 e. The molecular formula is C20H23Cl2NO2. The normalized spacial score (nSPS) is 11.9. The number of anilines is 1. The molecule has 0 bridgehead atoms. The van der Waals surface area contributed by atoms with Crippen molar-refractivity contribution < 1.29 is 9.53 Å². The van der Waals surface area contributed by atoms with E-state index in [1.807, 2.05) is 25.1 Å². The van der Waals surface area contributed by atoms with Gasteiger partial charge in [-0.1, -0.05) is 55.2 Å². The van der Waals surface area contributed by atoms with Gasteiger partial charge in [-0.2, -0.15) is 0 Å². The Morgan fingerprint density at radius 2 is 1.72 bits per heavy atom. The van der Waals surface area contributed by atoms with Gasteiger partial charge in [-0.25, -0.2) is 0 Å². The average Bonchev–Trinajstić information content (AvgIpc) is 2.59. The van der Waals surface area contributed by atoms with E-state index in [1.165, 1.54) is 0 Å². The molecule has 0 spiro atoms. The van der Waals surface area contributed by atoms with Gasteiger partial charge in [-0.3, -0.25) is 4.79 Å². The predicted molar refractivity (Wildman–Crippen MR) is 105 cm³/mol. The van der Waals surface area contributed by atoms with Crippen LogP contribution in [-0.2, 0) is 17.6 Å². The van der Waals surface area contributed by atoms with Crippen LogP contribution in [0.15, 0.2) is 30.3 Å². The molecule has 0 saturated heterocycles. The number of aryl methyl sites for hydroxylation is 3. The second-order valence-corrected chi connectivity index (χ2v) is 6.75. The molecule has 0 aliphatic carbocycles. The molecule has 2 aromatic rings. The van der Waals surface area contributed by atoms with Crippen molar-refractivity contribution in [2.75, 3.05) is 5.32 Å². The highest BCUT2D eigenvalue weighted by molar-refractivity contribution is 6.36. The van der Waals surface area contributed by atoms with Crippen molar-refractivity contribution in [1.29, 1.82) is 0 Å². The number of nitrogens with one attached hydrogen (secondary N) is 1. The maximum Gasteiger partial charge on any atom is 0.265 e. The lowest BCUT2D eigenvalue weighted by molar-refractivity contribution is -0.122. The van der Waals surface area contributed by atoms with Gasteiger partial charge in [0.2, 0.25) is 0 Å². The fraction of sp³-hybridized carbons (Fsp3) is 0.350. The molecule has 0 saturated carbocycles. The van der Waals surface area contributed by atoms with Crippen LogP contribution in [0.5, 0.6) is 5.75 Å². The number of para-hydroxylation sites is 1. The Kier molecular flexibility index (Phi) is 6.74. The first-order chi connectivity index (χ1) is 11.9. The molecule has 1 atom stereocenters. The van der Waals surface area contributed by atoms with E-state index in [4.69, 9.17) is 27.9 Å². The van der Waals surface area contributed by atoms with E-state index >= 15 is 0 Å². The zero-order chi connectivity index (χ0) is 18.6. The van der Waals surface area contributed by atoms with E-state index in [1.54, 1.807) is 19.1 Å². The summed E-state index contributed by atoms with van der Waals surface area (Å²) in [7, 11) is 0. The lowest BCUT2D eigenvalue weighted by Gasteiger charge is -2.19. The summed E-state index contributed by atoms with van der Waals surface area (Å²) in [4.78, 5) is 12.6. The predicted octanol–water partition coefficient (Wildman–Crippen LogP) is 5.83. The summed E-state index contributed by atoms with van der Waals surface area (Å²) in [6.07, 6.45) is 1.01. The van der Waals surface area contributed by atoms with Gasteiger partial charge in [0.05, 0.1) is 5.02 Å². The molecule has 2 aromatic carbocycles. The van der Waals surface area contributed by atoms with Gasteiger partial charge in [0.25, 0.3) is 5.91 Å². The molecule has 0 aromatic heterocycles. The first-order valence-corrected chi connectivity index (χ1v) is 9.16.